The molecule has 1 aliphatic heterocycles. The van der Waals surface area contributed by atoms with Crippen molar-refractivity contribution in [3.05, 3.63) is 35.4 Å². The highest BCUT2D eigenvalue weighted by Gasteiger charge is 2.40. The highest BCUT2D eigenvalue weighted by atomic mass is 15.2. The summed E-state index contributed by atoms with van der Waals surface area (Å²) in [6.45, 7) is 2.46. The molecule has 3 aliphatic rings. The molecule has 1 saturated heterocycles. The van der Waals surface area contributed by atoms with Crippen molar-refractivity contribution in [1.29, 1.82) is 0 Å². The van der Waals surface area contributed by atoms with E-state index in [1.165, 1.54) is 45.1 Å². The zero-order chi connectivity index (χ0) is 14.2. The monoisotopic (exact) mass is 284 g/mol. The van der Waals surface area contributed by atoms with Gasteiger partial charge in [0.2, 0.25) is 0 Å². The van der Waals surface area contributed by atoms with E-state index >= 15 is 0 Å². The minimum atomic E-state index is 0.650. The van der Waals surface area contributed by atoms with Gasteiger partial charge in [0.1, 0.15) is 0 Å². The Morgan fingerprint density at radius 3 is 2.62 bits per heavy atom. The topological polar surface area (TPSA) is 15.3 Å². The second kappa shape index (κ2) is 5.73. The van der Waals surface area contributed by atoms with Gasteiger partial charge in [-0.1, -0.05) is 24.3 Å². The van der Waals surface area contributed by atoms with E-state index in [9.17, 15) is 0 Å². The molecular weight excluding hydrogens is 256 g/mol. The lowest BCUT2D eigenvalue weighted by Crippen LogP contribution is -2.43. The minimum Gasteiger partial charge on any atom is -0.319 e. The number of rotatable bonds is 5. The molecule has 2 atom stereocenters. The smallest absolute Gasteiger partial charge is 0.0391 e. The fourth-order valence-corrected chi connectivity index (χ4v) is 4.27. The number of nitrogens with zero attached hydrogens (tertiary/aromatic N) is 1. The first kappa shape index (κ1) is 13.8. The van der Waals surface area contributed by atoms with E-state index in [2.05, 4.69) is 41.5 Å². The highest BCUT2D eigenvalue weighted by molar-refractivity contribution is 5.32. The molecule has 2 aliphatic carbocycles. The molecule has 114 valence electrons. The van der Waals surface area contributed by atoms with Gasteiger partial charge < -0.3 is 5.32 Å². The van der Waals surface area contributed by atoms with Gasteiger partial charge in [-0.15, -0.1) is 0 Å². The van der Waals surface area contributed by atoms with E-state index < -0.39 is 0 Å². The van der Waals surface area contributed by atoms with Crippen LogP contribution in [0, 0.1) is 5.92 Å². The molecule has 0 amide bonds. The van der Waals surface area contributed by atoms with Crippen molar-refractivity contribution in [3.8, 4) is 0 Å². The van der Waals surface area contributed by atoms with Gasteiger partial charge in [0.15, 0.2) is 0 Å². The molecule has 0 radical (unpaired) electrons. The second-order valence-corrected chi connectivity index (χ2v) is 7.32. The van der Waals surface area contributed by atoms with Gasteiger partial charge in [-0.3, -0.25) is 4.90 Å². The molecule has 2 nitrogen and oxygen atoms in total. The molecule has 0 spiro atoms. The molecule has 1 aromatic carbocycles. The number of benzene rings is 1. The molecule has 1 N–H and O–H groups in total. The SMILES string of the molecule is CNCC1CCCN(C2CC2)C1c1cccc(C2CC2)c1. The van der Waals surface area contributed by atoms with Crippen molar-refractivity contribution in [2.75, 3.05) is 20.1 Å². The average Bonchev–Trinajstić information content (AvgIpc) is 3.41. The summed E-state index contributed by atoms with van der Waals surface area (Å²) in [5.74, 6) is 1.64. The van der Waals surface area contributed by atoms with Gasteiger partial charge in [-0.05, 0) is 81.6 Å². The Morgan fingerprint density at radius 1 is 1.10 bits per heavy atom. The molecule has 0 aromatic heterocycles. The first-order valence-corrected chi connectivity index (χ1v) is 8.87. The fourth-order valence-electron chi connectivity index (χ4n) is 4.27. The molecule has 3 fully saturated rings. The van der Waals surface area contributed by atoms with Gasteiger partial charge in [0.25, 0.3) is 0 Å². The maximum absolute atomic E-state index is 3.44. The van der Waals surface area contributed by atoms with E-state index in [1.54, 1.807) is 11.1 Å². The predicted molar refractivity (Wildman–Crippen MR) is 87.5 cm³/mol. The third kappa shape index (κ3) is 2.89. The van der Waals surface area contributed by atoms with Gasteiger partial charge >= 0.3 is 0 Å². The third-order valence-electron chi connectivity index (χ3n) is 5.58. The highest BCUT2D eigenvalue weighted by Crippen LogP contribution is 2.45. The molecule has 1 aromatic rings. The molecule has 1 heterocycles. The Bertz CT molecular complexity index is 488. The molecule has 2 heteroatoms. The molecule has 0 bridgehead atoms. The van der Waals surface area contributed by atoms with E-state index in [1.807, 2.05) is 0 Å². The van der Waals surface area contributed by atoms with E-state index in [0.717, 1.165) is 24.4 Å². The maximum atomic E-state index is 3.44. The van der Waals surface area contributed by atoms with Crippen molar-refractivity contribution < 1.29 is 0 Å². The van der Waals surface area contributed by atoms with Crippen LogP contribution in [0.5, 0.6) is 0 Å². The quantitative estimate of drug-likeness (QED) is 0.887. The van der Waals surface area contributed by atoms with Crippen molar-refractivity contribution in [2.24, 2.45) is 5.92 Å². The Hall–Kier alpha value is -0.860. The number of hydrogen-bond acceptors (Lipinski definition) is 2. The van der Waals surface area contributed by atoms with Crippen LogP contribution in [-0.4, -0.2) is 31.1 Å². The number of likely N-dealkylation sites (tertiary alicyclic amines) is 1. The second-order valence-electron chi connectivity index (χ2n) is 7.32. The van der Waals surface area contributed by atoms with Crippen LogP contribution in [-0.2, 0) is 0 Å². The summed E-state index contributed by atoms with van der Waals surface area (Å²) in [4.78, 5) is 2.83. The summed E-state index contributed by atoms with van der Waals surface area (Å²) in [6.07, 6.45) is 8.40. The molecular formula is C19H28N2. The van der Waals surface area contributed by atoms with Gasteiger partial charge in [-0.25, -0.2) is 0 Å². The summed E-state index contributed by atoms with van der Waals surface area (Å²) in [7, 11) is 2.10. The van der Waals surface area contributed by atoms with E-state index in [-0.39, 0.29) is 0 Å². The van der Waals surface area contributed by atoms with Crippen LogP contribution >= 0.6 is 0 Å². The lowest BCUT2D eigenvalue weighted by atomic mass is 9.83. The lowest BCUT2D eigenvalue weighted by Gasteiger charge is -2.42. The van der Waals surface area contributed by atoms with Gasteiger partial charge in [-0.2, -0.15) is 0 Å². The van der Waals surface area contributed by atoms with Crippen LogP contribution in [0.3, 0.4) is 0 Å². The summed E-state index contributed by atoms with van der Waals surface area (Å²) >= 11 is 0. The molecule has 2 unspecified atom stereocenters. The molecule has 4 rings (SSSR count). The minimum absolute atomic E-state index is 0.650. The zero-order valence-corrected chi connectivity index (χ0v) is 13.2. The van der Waals surface area contributed by atoms with Gasteiger partial charge in [0.05, 0.1) is 0 Å². The zero-order valence-electron chi connectivity index (χ0n) is 13.2. The lowest BCUT2D eigenvalue weighted by molar-refractivity contribution is 0.0845. The Kier molecular flexibility index (Phi) is 3.76. The average molecular weight is 284 g/mol. The van der Waals surface area contributed by atoms with Crippen LogP contribution in [0.25, 0.3) is 0 Å². The number of piperidine rings is 1. The van der Waals surface area contributed by atoms with Crippen molar-refractivity contribution in [3.63, 3.8) is 0 Å². The molecule has 21 heavy (non-hydrogen) atoms. The Labute approximate surface area is 128 Å². The first-order chi connectivity index (χ1) is 10.4. The summed E-state index contributed by atoms with van der Waals surface area (Å²) < 4.78 is 0. The predicted octanol–water partition coefficient (Wildman–Crippen LogP) is 3.70. The summed E-state index contributed by atoms with van der Waals surface area (Å²) in [5, 5.41) is 3.44. The van der Waals surface area contributed by atoms with Crippen LogP contribution in [0.2, 0.25) is 0 Å². The Morgan fingerprint density at radius 2 is 1.90 bits per heavy atom. The van der Waals surface area contributed by atoms with Gasteiger partial charge in [0, 0.05) is 12.1 Å². The van der Waals surface area contributed by atoms with E-state index in [0.29, 0.717) is 6.04 Å². The standard InChI is InChI=1S/C19H28N2/c1-20-13-17-6-3-11-21(18-9-10-18)19(17)16-5-2-4-15(12-16)14-7-8-14/h2,4-5,12,14,17-20H,3,6-11,13H2,1H3. The summed E-state index contributed by atoms with van der Waals surface area (Å²) in [5.41, 5.74) is 3.18. The largest absolute Gasteiger partial charge is 0.319 e. The Balaban J connectivity index is 1.64. The van der Waals surface area contributed by atoms with Crippen molar-refractivity contribution in [1.82, 2.24) is 10.2 Å². The third-order valence-corrected chi connectivity index (χ3v) is 5.58. The van der Waals surface area contributed by atoms with E-state index in [4.69, 9.17) is 0 Å². The van der Waals surface area contributed by atoms with Crippen molar-refractivity contribution in [2.45, 2.75) is 56.5 Å². The van der Waals surface area contributed by atoms with Crippen LogP contribution < -0.4 is 5.32 Å². The van der Waals surface area contributed by atoms with Crippen LogP contribution in [0.1, 0.15) is 61.6 Å². The normalized spacial score (nSPS) is 30.5. The first-order valence-electron chi connectivity index (χ1n) is 8.87. The number of hydrogen-bond donors (Lipinski definition) is 1. The van der Waals surface area contributed by atoms with Crippen LogP contribution in [0.15, 0.2) is 24.3 Å². The maximum Gasteiger partial charge on any atom is 0.0391 e. The van der Waals surface area contributed by atoms with Crippen molar-refractivity contribution >= 4 is 0 Å². The summed E-state index contributed by atoms with van der Waals surface area (Å²) in [6, 6.07) is 11.1. The number of nitrogens with one attached hydrogen (secondary N) is 1. The van der Waals surface area contributed by atoms with Crippen LogP contribution in [0.4, 0.5) is 0 Å². The fraction of sp³-hybridized carbons (Fsp3) is 0.684. The molecule has 2 saturated carbocycles.